The second-order valence-corrected chi connectivity index (χ2v) is 11.6. The molecule has 0 saturated heterocycles. The van der Waals surface area contributed by atoms with E-state index in [0.29, 0.717) is 18.8 Å². The van der Waals surface area contributed by atoms with Crippen LogP contribution in [0.25, 0.3) is 0 Å². The van der Waals surface area contributed by atoms with Crippen LogP contribution in [0.4, 0.5) is 5.69 Å². The standard InChI is InChI=1S/C31H39N3O5S/c1-6-27(31(36)32-23(3)4)33(21-25-16-12-11-15-24(25)5)30(35)22-34(28-19-13-14-20-29(28)39-7-2)40(37,38)26-17-9-8-10-18-26/h8-20,23,27H,6-7,21-22H2,1-5H3,(H,32,36). The maximum absolute atomic E-state index is 14.2. The van der Waals surface area contributed by atoms with Crippen molar-refractivity contribution in [3.63, 3.8) is 0 Å². The zero-order valence-corrected chi connectivity index (χ0v) is 24.6. The SMILES string of the molecule is CCOc1ccccc1N(CC(=O)N(Cc1ccccc1C)C(CC)C(=O)NC(C)C)S(=O)(=O)c1ccccc1. The maximum atomic E-state index is 14.2. The van der Waals surface area contributed by atoms with Crippen molar-refractivity contribution < 1.29 is 22.7 Å². The molecule has 40 heavy (non-hydrogen) atoms. The first-order chi connectivity index (χ1) is 19.1. The summed E-state index contributed by atoms with van der Waals surface area (Å²) in [6, 6.07) is 21.4. The van der Waals surface area contributed by atoms with Gasteiger partial charge in [-0.2, -0.15) is 0 Å². The van der Waals surface area contributed by atoms with Gasteiger partial charge in [-0.3, -0.25) is 13.9 Å². The number of carbonyl (C=O) groups is 2. The molecule has 0 spiro atoms. The van der Waals surface area contributed by atoms with Gasteiger partial charge in [0.05, 0.1) is 17.2 Å². The molecular weight excluding hydrogens is 526 g/mol. The average molecular weight is 566 g/mol. The molecule has 214 valence electrons. The van der Waals surface area contributed by atoms with Gasteiger partial charge in [-0.25, -0.2) is 8.42 Å². The fourth-order valence-electron chi connectivity index (χ4n) is 4.44. The first-order valence-electron chi connectivity index (χ1n) is 13.5. The number of anilines is 1. The number of hydrogen-bond acceptors (Lipinski definition) is 5. The number of rotatable bonds is 13. The van der Waals surface area contributed by atoms with Gasteiger partial charge in [-0.15, -0.1) is 0 Å². The molecule has 0 bridgehead atoms. The third-order valence-corrected chi connectivity index (χ3v) is 8.24. The quantitative estimate of drug-likeness (QED) is 0.317. The van der Waals surface area contributed by atoms with Gasteiger partial charge in [0.15, 0.2) is 0 Å². The van der Waals surface area contributed by atoms with Crippen LogP contribution in [-0.4, -0.2) is 50.4 Å². The molecule has 0 aliphatic rings. The van der Waals surface area contributed by atoms with Gasteiger partial charge in [-0.1, -0.05) is 61.5 Å². The number of amides is 2. The van der Waals surface area contributed by atoms with Crippen molar-refractivity contribution in [1.82, 2.24) is 10.2 Å². The molecule has 0 aromatic heterocycles. The van der Waals surface area contributed by atoms with E-state index in [1.165, 1.54) is 17.0 Å². The minimum atomic E-state index is -4.17. The summed E-state index contributed by atoms with van der Waals surface area (Å²) in [6.45, 7) is 9.26. The second-order valence-electron chi connectivity index (χ2n) is 9.76. The van der Waals surface area contributed by atoms with Gasteiger partial charge >= 0.3 is 0 Å². The van der Waals surface area contributed by atoms with Crippen LogP contribution >= 0.6 is 0 Å². The predicted molar refractivity (Wildman–Crippen MR) is 158 cm³/mol. The van der Waals surface area contributed by atoms with Gasteiger partial charge < -0.3 is 15.0 Å². The Balaban J connectivity index is 2.11. The van der Waals surface area contributed by atoms with Gasteiger partial charge in [-0.05, 0) is 69.5 Å². The third-order valence-electron chi connectivity index (χ3n) is 6.46. The van der Waals surface area contributed by atoms with E-state index in [0.717, 1.165) is 15.4 Å². The topological polar surface area (TPSA) is 96.0 Å². The smallest absolute Gasteiger partial charge is 0.264 e. The number of benzene rings is 3. The fraction of sp³-hybridized carbons (Fsp3) is 0.355. The maximum Gasteiger partial charge on any atom is 0.264 e. The highest BCUT2D eigenvalue weighted by Gasteiger charge is 2.35. The molecule has 0 aliphatic carbocycles. The Morgan fingerprint density at radius 1 is 0.900 bits per heavy atom. The van der Waals surface area contributed by atoms with Crippen molar-refractivity contribution in [2.45, 2.75) is 64.6 Å². The molecule has 9 heteroatoms. The lowest BCUT2D eigenvalue weighted by atomic mass is 10.1. The summed E-state index contributed by atoms with van der Waals surface area (Å²) in [5, 5.41) is 2.91. The van der Waals surface area contributed by atoms with Crippen molar-refractivity contribution in [2.75, 3.05) is 17.5 Å². The Labute approximate surface area is 238 Å². The zero-order chi connectivity index (χ0) is 29.3. The summed E-state index contributed by atoms with van der Waals surface area (Å²) in [6.07, 6.45) is 0.358. The van der Waals surface area contributed by atoms with Crippen LogP contribution in [0.2, 0.25) is 0 Å². The van der Waals surface area contributed by atoms with Crippen molar-refractivity contribution in [1.29, 1.82) is 0 Å². The normalized spacial score (nSPS) is 12.1. The van der Waals surface area contributed by atoms with Crippen LogP contribution in [0.5, 0.6) is 5.75 Å². The lowest BCUT2D eigenvalue weighted by molar-refractivity contribution is -0.140. The number of carbonyl (C=O) groups excluding carboxylic acids is 2. The van der Waals surface area contributed by atoms with Gasteiger partial charge in [0.1, 0.15) is 18.3 Å². The van der Waals surface area contributed by atoms with E-state index < -0.39 is 28.5 Å². The van der Waals surface area contributed by atoms with E-state index in [-0.39, 0.29) is 29.1 Å². The predicted octanol–water partition coefficient (Wildman–Crippen LogP) is 4.92. The van der Waals surface area contributed by atoms with Crippen LogP contribution in [0.1, 0.15) is 45.2 Å². The molecule has 0 heterocycles. The molecule has 3 rings (SSSR count). The van der Waals surface area contributed by atoms with Gasteiger partial charge in [0.2, 0.25) is 11.8 Å². The summed E-state index contributed by atoms with van der Waals surface area (Å²) in [5.74, 6) is -0.446. The Morgan fingerprint density at radius 3 is 2.15 bits per heavy atom. The lowest BCUT2D eigenvalue weighted by Crippen LogP contribution is -2.53. The van der Waals surface area contributed by atoms with Crippen molar-refractivity contribution in [3.05, 3.63) is 90.0 Å². The molecule has 8 nitrogen and oxygen atoms in total. The minimum absolute atomic E-state index is 0.0455. The van der Waals surface area contributed by atoms with Crippen LogP contribution in [0.15, 0.2) is 83.8 Å². The average Bonchev–Trinajstić information content (AvgIpc) is 2.93. The lowest BCUT2D eigenvalue weighted by Gasteiger charge is -2.34. The van der Waals surface area contributed by atoms with Crippen molar-refractivity contribution in [3.8, 4) is 5.75 Å². The Bertz CT molecular complexity index is 1390. The monoisotopic (exact) mass is 565 g/mol. The number of nitrogens with zero attached hydrogens (tertiary/aromatic N) is 2. The second kappa shape index (κ2) is 14.0. The number of sulfonamides is 1. The van der Waals surface area contributed by atoms with Crippen LogP contribution in [-0.2, 0) is 26.2 Å². The molecule has 1 N–H and O–H groups in total. The Hall–Kier alpha value is -3.85. The number of hydrogen-bond donors (Lipinski definition) is 1. The molecular formula is C31H39N3O5S. The van der Waals surface area contributed by atoms with E-state index in [9.17, 15) is 18.0 Å². The largest absolute Gasteiger partial charge is 0.492 e. The van der Waals surface area contributed by atoms with Gasteiger partial charge in [0, 0.05) is 12.6 Å². The highest BCUT2D eigenvalue weighted by atomic mass is 32.2. The summed E-state index contributed by atoms with van der Waals surface area (Å²) >= 11 is 0. The Morgan fingerprint density at radius 2 is 1.52 bits per heavy atom. The summed E-state index contributed by atoms with van der Waals surface area (Å²) in [7, 11) is -4.17. The van der Waals surface area contributed by atoms with E-state index >= 15 is 0 Å². The molecule has 0 saturated carbocycles. The van der Waals surface area contributed by atoms with Crippen molar-refractivity contribution in [2.24, 2.45) is 0 Å². The minimum Gasteiger partial charge on any atom is -0.492 e. The summed E-state index contributed by atoms with van der Waals surface area (Å²) in [5.41, 5.74) is 2.09. The summed E-state index contributed by atoms with van der Waals surface area (Å²) in [4.78, 5) is 29.0. The number of nitrogens with one attached hydrogen (secondary N) is 1. The molecule has 0 fully saturated rings. The van der Waals surface area contributed by atoms with E-state index in [4.69, 9.17) is 4.74 Å². The number of para-hydroxylation sites is 2. The molecule has 0 aliphatic heterocycles. The molecule has 2 amide bonds. The van der Waals surface area contributed by atoms with E-state index in [2.05, 4.69) is 5.32 Å². The first kappa shape index (κ1) is 30.7. The molecule has 3 aromatic carbocycles. The zero-order valence-electron chi connectivity index (χ0n) is 23.8. The first-order valence-corrected chi connectivity index (χ1v) is 15.0. The fourth-order valence-corrected chi connectivity index (χ4v) is 5.89. The molecule has 3 aromatic rings. The van der Waals surface area contributed by atoms with E-state index in [1.54, 1.807) is 49.4 Å². The third kappa shape index (κ3) is 7.41. The molecule has 0 radical (unpaired) electrons. The van der Waals surface area contributed by atoms with Crippen molar-refractivity contribution >= 4 is 27.5 Å². The van der Waals surface area contributed by atoms with Crippen LogP contribution in [0, 0.1) is 6.92 Å². The van der Waals surface area contributed by atoms with Gasteiger partial charge in [0.25, 0.3) is 10.0 Å². The molecule has 1 unspecified atom stereocenters. The summed E-state index contributed by atoms with van der Waals surface area (Å²) < 4.78 is 34.8. The highest BCUT2D eigenvalue weighted by molar-refractivity contribution is 7.92. The molecule has 1 atom stereocenters. The number of ether oxygens (including phenoxy) is 1. The Kier molecular flexibility index (Phi) is 10.7. The number of aryl methyl sites for hydroxylation is 1. The van der Waals surface area contributed by atoms with E-state index in [1.807, 2.05) is 52.0 Å². The van der Waals surface area contributed by atoms with Crippen LogP contribution in [0.3, 0.4) is 0 Å². The van der Waals surface area contributed by atoms with Crippen LogP contribution < -0.4 is 14.4 Å². The highest BCUT2D eigenvalue weighted by Crippen LogP contribution is 2.33.